The average Bonchev–Trinajstić information content (AvgIpc) is 3.17. The monoisotopic (exact) mass is 324 g/mol. The Balaban J connectivity index is 1.57. The highest BCUT2D eigenvalue weighted by molar-refractivity contribution is 5.92. The number of hydrogen-bond donors (Lipinski definition) is 2. The fraction of sp³-hybridized carbons (Fsp3) is 0.412. The van der Waals surface area contributed by atoms with Gasteiger partial charge in [-0.25, -0.2) is 0 Å². The third kappa shape index (κ3) is 2.77. The Kier molecular flexibility index (Phi) is 3.76. The van der Waals surface area contributed by atoms with Gasteiger partial charge >= 0.3 is 0 Å². The zero-order valence-electron chi connectivity index (χ0n) is 13.6. The standard InChI is InChI=1S/C17H20N6O/c1-2-5-12(16-22-21-15-6-3-4-9-23(15)16)18-17(24)14-10-13(19-20-14)11-7-8-11/h3-4,6,9-12H,2,5,7-8H2,1H3,(H,18,24)(H,19,20)/t12-/m0/s1. The highest BCUT2D eigenvalue weighted by Gasteiger charge is 2.27. The van der Waals surface area contributed by atoms with Crippen LogP contribution in [0.2, 0.25) is 0 Å². The van der Waals surface area contributed by atoms with Crippen molar-refractivity contribution >= 4 is 11.6 Å². The molecule has 124 valence electrons. The maximum Gasteiger partial charge on any atom is 0.272 e. The van der Waals surface area contributed by atoms with Crippen LogP contribution in [0.15, 0.2) is 30.5 Å². The summed E-state index contributed by atoms with van der Waals surface area (Å²) >= 11 is 0. The molecule has 7 heteroatoms. The summed E-state index contributed by atoms with van der Waals surface area (Å²) in [5.74, 6) is 1.12. The van der Waals surface area contributed by atoms with E-state index in [0.717, 1.165) is 30.0 Å². The van der Waals surface area contributed by atoms with E-state index in [0.29, 0.717) is 11.6 Å². The molecule has 0 aliphatic heterocycles. The Morgan fingerprint density at radius 3 is 3.08 bits per heavy atom. The minimum absolute atomic E-state index is 0.177. The van der Waals surface area contributed by atoms with Crippen LogP contribution in [-0.4, -0.2) is 30.7 Å². The molecule has 1 aliphatic carbocycles. The Bertz CT molecular complexity index is 863. The molecule has 0 bridgehead atoms. The summed E-state index contributed by atoms with van der Waals surface area (Å²) in [4.78, 5) is 12.6. The van der Waals surface area contributed by atoms with Gasteiger partial charge < -0.3 is 5.32 Å². The molecule has 7 nitrogen and oxygen atoms in total. The van der Waals surface area contributed by atoms with E-state index in [2.05, 4.69) is 32.6 Å². The molecule has 4 rings (SSSR count). The Morgan fingerprint density at radius 1 is 1.42 bits per heavy atom. The number of amides is 1. The van der Waals surface area contributed by atoms with Crippen LogP contribution in [0.25, 0.3) is 5.65 Å². The number of carbonyl (C=O) groups excluding carboxylic acids is 1. The van der Waals surface area contributed by atoms with Crippen molar-refractivity contribution in [2.75, 3.05) is 0 Å². The zero-order valence-corrected chi connectivity index (χ0v) is 13.6. The number of carbonyl (C=O) groups is 1. The number of fused-ring (bicyclic) bond motifs is 1. The number of nitrogens with one attached hydrogen (secondary N) is 2. The van der Waals surface area contributed by atoms with Gasteiger partial charge in [-0.15, -0.1) is 10.2 Å². The molecule has 0 radical (unpaired) electrons. The summed E-state index contributed by atoms with van der Waals surface area (Å²) in [6.07, 6.45) is 5.99. The van der Waals surface area contributed by atoms with Crippen molar-refractivity contribution in [2.45, 2.75) is 44.6 Å². The number of pyridine rings is 1. The molecule has 1 amide bonds. The van der Waals surface area contributed by atoms with Crippen LogP contribution in [0.5, 0.6) is 0 Å². The highest BCUT2D eigenvalue weighted by Crippen LogP contribution is 2.39. The lowest BCUT2D eigenvalue weighted by atomic mass is 10.1. The summed E-state index contributed by atoms with van der Waals surface area (Å²) < 4.78 is 1.92. The van der Waals surface area contributed by atoms with Crippen molar-refractivity contribution in [1.82, 2.24) is 30.1 Å². The van der Waals surface area contributed by atoms with Crippen molar-refractivity contribution in [3.8, 4) is 0 Å². The molecule has 1 fully saturated rings. The molecule has 1 atom stereocenters. The molecule has 0 aromatic carbocycles. The lowest BCUT2D eigenvalue weighted by Crippen LogP contribution is -2.30. The first-order valence-corrected chi connectivity index (χ1v) is 8.42. The molecule has 2 N–H and O–H groups in total. The minimum Gasteiger partial charge on any atom is -0.341 e. The van der Waals surface area contributed by atoms with Crippen molar-refractivity contribution in [3.63, 3.8) is 0 Å². The second-order valence-corrected chi connectivity index (χ2v) is 6.28. The Labute approximate surface area is 139 Å². The van der Waals surface area contributed by atoms with E-state index >= 15 is 0 Å². The predicted octanol–water partition coefficient (Wildman–Crippen LogP) is 2.60. The molecule has 3 heterocycles. The van der Waals surface area contributed by atoms with Crippen LogP contribution >= 0.6 is 0 Å². The van der Waals surface area contributed by atoms with Crippen molar-refractivity contribution in [3.05, 3.63) is 47.7 Å². The van der Waals surface area contributed by atoms with Crippen LogP contribution in [0, 0.1) is 0 Å². The Hall–Kier alpha value is -2.70. The predicted molar refractivity (Wildman–Crippen MR) is 88.7 cm³/mol. The molecule has 0 saturated heterocycles. The smallest absolute Gasteiger partial charge is 0.272 e. The second-order valence-electron chi connectivity index (χ2n) is 6.28. The highest BCUT2D eigenvalue weighted by atomic mass is 16.2. The number of aromatic amines is 1. The lowest BCUT2D eigenvalue weighted by Gasteiger charge is -2.15. The van der Waals surface area contributed by atoms with Gasteiger partial charge in [0.25, 0.3) is 5.91 Å². The van der Waals surface area contributed by atoms with Crippen LogP contribution in [0.4, 0.5) is 0 Å². The quantitative estimate of drug-likeness (QED) is 0.729. The molecular formula is C17H20N6O. The van der Waals surface area contributed by atoms with Gasteiger partial charge in [-0.1, -0.05) is 19.4 Å². The molecule has 3 aromatic rings. The molecule has 1 saturated carbocycles. The first kappa shape index (κ1) is 14.9. The minimum atomic E-state index is -0.194. The van der Waals surface area contributed by atoms with Gasteiger partial charge in [0.05, 0.1) is 6.04 Å². The Morgan fingerprint density at radius 2 is 2.29 bits per heavy atom. The van der Waals surface area contributed by atoms with Gasteiger partial charge in [-0.3, -0.25) is 14.3 Å². The van der Waals surface area contributed by atoms with E-state index in [1.165, 1.54) is 12.8 Å². The van der Waals surface area contributed by atoms with Gasteiger partial charge in [-0.05, 0) is 37.5 Å². The average molecular weight is 324 g/mol. The SMILES string of the molecule is CCC[C@H](NC(=O)c1cc(C2CC2)[nH]n1)c1nnc2ccccn12. The normalized spacial score (nSPS) is 15.5. The van der Waals surface area contributed by atoms with E-state index in [9.17, 15) is 4.79 Å². The summed E-state index contributed by atoms with van der Waals surface area (Å²) in [5, 5.41) is 18.6. The number of hydrogen-bond acceptors (Lipinski definition) is 4. The van der Waals surface area contributed by atoms with Gasteiger partial charge in [-0.2, -0.15) is 5.10 Å². The first-order chi connectivity index (χ1) is 11.8. The molecule has 0 unspecified atom stereocenters. The van der Waals surface area contributed by atoms with Gasteiger partial charge in [0, 0.05) is 17.8 Å². The number of rotatable bonds is 6. The summed E-state index contributed by atoms with van der Waals surface area (Å²) in [5.41, 5.74) is 2.27. The third-order valence-corrected chi connectivity index (χ3v) is 4.38. The molecule has 24 heavy (non-hydrogen) atoms. The maximum absolute atomic E-state index is 12.6. The topological polar surface area (TPSA) is 88.0 Å². The fourth-order valence-electron chi connectivity index (χ4n) is 2.94. The summed E-state index contributed by atoms with van der Waals surface area (Å²) in [6.45, 7) is 2.09. The fourth-order valence-corrected chi connectivity index (χ4v) is 2.94. The third-order valence-electron chi connectivity index (χ3n) is 4.38. The molecule has 3 aromatic heterocycles. The molecule has 1 aliphatic rings. The molecular weight excluding hydrogens is 304 g/mol. The number of H-pyrrole nitrogens is 1. The second kappa shape index (κ2) is 6.07. The summed E-state index contributed by atoms with van der Waals surface area (Å²) in [7, 11) is 0. The maximum atomic E-state index is 12.6. The van der Waals surface area contributed by atoms with E-state index < -0.39 is 0 Å². The van der Waals surface area contributed by atoms with Gasteiger partial charge in [0.2, 0.25) is 0 Å². The lowest BCUT2D eigenvalue weighted by molar-refractivity contribution is 0.0927. The van der Waals surface area contributed by atoms with E-state index in [1.54, 1.807) is 0 Å². The largest absolute Gasteiger partial charge is 0.341 e. The number of nitrogens with zero attached hydrogens (tertiary/aromatic N) is 4. The van der Waals surface area contributed by atoms with Gasteiger partial charge in [0.15, 0.2) is 11.5 Å². The van der Waals surface area contributed by atoms with Crippen molar-refractivity contribution in [2.24, 2.45) is 0 Å². The number of aromatic nitrogens is 5. The summed E-state index contributed by atoms with van der Waals surface area (Å²) in [6, 6.07) is 7.42. The van der Waals surface area contributed by atoms with Gasteiger partial charge in [0.1, 0.15) is 5.69 Å². The van der Waals surface area contributed by atoms with Crippen LogP contribution < -0.4 is 5.32 Å². The van der Waals surface area contributed by atoms with Crippen LogP contribution in [0.1, 0.15) is 66.6 Å². The van der Waals surface area contributed by atoms with E-state index in [4.69, 9.17) is 0 Å². The van der Waals surface area contributed by atoms with Crippen molar-refractivity contribution < 1.29 is 4.79 Å². The molecule has 0 spiro atoms. The van der Waals surface area contributed by atoms with Crippen LogP contribution in [0.3, 0.4) is 0 Å². The first-order valence-electron chi connectivity index (χ1n) is 8.42. The van der Waals surface area contributed by atoms with Crippen LogP contribution in [-0.2, 0) is 0 Å². The van der Waals surface area contributed by atoms with E-state index in [1.807, 2.05) is 34.9 Å². The zero-order chi connectivity index (χ0) is 16.5. The van der Waals surface area contributed by atoms with E-state index in [-0.39, 0.29) is 11.9 Å². The van der Waals surface area contributed by atoms with Crippen molar-refractivity contribution in [1.29, 1.82) is 0 Å².